The molecular formula is C16H31NO3S. The zero-order chi connectivity index (χ0) is 15.5. The summed E-state index contributed by atoms with van der Waals surface area (Å²) in [7, 11) is -3.43. The number of ether oxygens (including phenoxy) is 1. The quantitative estimate of drug-likeness (QED) is 0.847. The van der Waals surface area contributed by atoms with E-state index in [2.05, 4.69) is 13.8 Å². The Balaban J connectivity index is 1.93. The van der Waals surface area contributed by atoms with Gasteiger partial charge in [-0.3, -0.25) is 0 Å². The molecule has 2 rings (SSSR count). The first kappa shape index (κ1) is 17.2. The van der Waals surface area contributed by atoms with Crippen molar-refractivity contribution in [3.63, 3.8) is 0 Å². The highest BCUT2D eigenvalue weighted by atomic mass is 32.2. The predicted octanol–water partition coefficient (Wildman–Crippen LogP) is 3.07. The number of hydrogen-bond acceptors (Lipinski definition) is 3. The molecule has 3 atom stereocenters. The molecule has 4 nitrogen and oxygen atoms in total. The number of hydrogen-bond donors (Lipinski definition) is 1. The summed E-state index contributed by atoms with van der Waals surface area (Å²) in [4.78, 5) is 0. The van der Waals surface area contributed by atoms with Gasteiger partial charge in [0.25, 0.3) is 0 Å². The first-order valence-corrected chi connectivity index (χ1v) is 10.1. The lowest BCUT2D eigenvalue weighted by Crippen LogP contribution is -2.41. The van der Waals surface area contributed by atoms with Gasteiger partial charge in [-0.05, 0) is 43.9 Å². The molecular weight excluding hydrogens is 286 g/mol. The maximum atomic E-state index is 11.6. The molecule has 124 valence electrons. The van der Waals surface area contributed by atoms with E-state index in [-0.39, 0.29) is 11.2 Å². The third-order valence-electron chi connectivity index (χ3n) is 5.60. The molecule has 5 heteroatoms. The van der Waals surface area contributed by atoms with E-state index in [1.54, 1.807) is 0 Å². The minimum Gasteiger partial charge on any atom is -0.378 e. The van der Waals surface area contributed by atoms with Gasteiger partial charge < -0.3 is 4.74 Å². The van der Waals surface area contributed by atoms with Crippen molar-refractivity contribution in [2.75, 3.05) is 12.4 Å². The maximum Gasteiger partial charge on any atom is 0.209 e. The Morgan fingerprint density at radius 1 is 1.10 bits per heavy atom. The predicted molar refractivity (Wildman–Crippen MR) is 85.4 cm³/mol. The first-order valence-electron chi connectivity index (χ1n) is 8.42. The highest BCUT2D eigenvalue weighted by molar-refractivity contribution is 7.89. The Morgan fingerprint density at radius 2 is 1.76 bits per heavy atom. The standard InChI is InChI=1S/C16H31NO3S/c1-13-6-7-15(10-14(13)2)20-11-16(12-21(17,18)19)8-4-3-5-9-16/h13-15H,3-12H2,1-2H3,(H2,17,18,19). The number of sulfonamides is 1. The molecule has 0 heterocycles. The Bertz CT molecular complexity index is 429. The van der Waals surface area contributed by atoms with Gasteiger partial charge in [-0.25, -0.2) is 13.6 Å². The van der Waals surface area contributed by atoms with E-state index in [9.17, 15) is 8.42 Å². The Labute approximate surface area is 129 Å². The zero-order valence-corrected chi connectivity index (χ0v) is 14.3. The van der Waals surface area contributed by atoms with Crippen LogP contribution >= 0.6 is 0 Å². The van der Waals surface area contributed by atoms with Crippen molar-refractivity contribution in [3.05, 3.63) is 0 Å². The number of rotatable bonds is 5. The average Bonchev–Trinajstić information content (AvgIpc) is 2.39. The molecule has 0 aromatic rings. The van der Waals surface area contributed by atoms with Gasteiger partial charge in [0.1, 0.15) is 0 Å². The second kappa shape index (κ2) is 6.97. The van der Waals surface area contributed by atoms with Crippen molar-refractivity contribution in [2.45, 2.75) is 71.3 Å². The second-order valence-corrected chi connectivity index (χ2v) is 9.18. The third kappa shape index (κ3) is 5.22. The van der Waals surface area contributed by atoms with E-state index in [0.717, 1.165) is 44.4 Å². The second-order valence-electron chi connectivity index (χ2n) is 7.57. The van der Waals surface area contributed by atoms with E-state index >= 15 is 0 Å². The fourth-order valence-electron chi connectivity index (χ4n) is 4.00. The van der Waals surface area contributed by atoms with E-state index < -0.39 is 10.0 Å². The van der Waals surface area contributed by atoms with Crippen LogP contribution in [0.3, 0.4) is 0 Å². The fraction of sp³-hybridized carbons (Fsp3) is 1.00. The highest BCUT2D eigenvalue weighted by Gasteiger charge is 2.37. The Morgan fingerprint density at radius 3 is 2.33 bits per heavy atom. The molecule has 0 radical (unpaired) electrons. The molecule has 2 aliphatic rings. The van der Waals surface area contributed by atoms with Crippen molar-refractivity contribution in [2.24, 2.45) is 22.4 Å². The summed E-state index contributed by atoms with van der Waals surface area (Å²) in [5.74, 6) is 1.56. The van der Waals surface area contributed by atoms with E-state index in [1.807, 2.05) is 0 Å². The zero-order valence-electron chi connectivity index (χ0n) is 13.5. The van der Waals surface area contributed by atoms with Gasteiger partial charge in [0.05, 0.1) is 18.5 Å². The number of nitrogens with two attached hydrogens (primary N) is 1. The van der Waals surface area contributed by atoms with Crippen molar-refractivity contribution in [1.82, 2.24) is 0 Å². The van der Waals surface area contributed by atoms with Crippen molar-refractivity contribution >= 4 is 10.0 Å². The van der Waals surface area contributed by atoms with Crippen LogP contribution in [0.5, 0.6) is 0 Å². The first-order chi connectivity index (χ1) is 9.80. The van der Waals surface area contributed by atoms with Crippen LogP contribution in [0.25, 0.3) is 0 Å². The van der Waals surface area contributed by atoms with Crippen LogP contribution in [-0.2, 0) is 14.8 Å². The topological polar surface area (TPSA) is 69.4 Å². The summed E-state index contributed by atoms with van der Waals surface area (Å²) in [6, 6.07) is 0. The molecule has 2 aliphatic carbocycles. The summed E-state index contributed by atoms with van der Waals surface area (Å²) in [5.41, 5.74) is -0.238. The normalized spacial score (nSPS) is 33.8. The van der Waals surface area contributed by atoms with Gasteiger partial charge in [-0.2, -0.15) is 0 Å². The molecule has 0 saturated heterocycles. The van der Waals surface area contributed by atoms with Gasteiger partial charge in [0.2, 0.25) is 10.0 Å². The molecule has 2 fully saturated rings. The summed E-state index contributed by atoms with van der Waals surface area (Å²) < 4.78 is 29.3. The molecule has 0 spiro atoms. The monoisotopic (exact) mass is 317 g/mol. The SMILES string of the molecule is CC1CCC(OCC2(CS(N)(=O)=O)CCCCC2)CC1C. The van der Waals surface area contributed by atoms with Gasteiger partial charge in [0, 0.05) is 5.41 Å². The minimum absolute atomic E-state index is 0.0820. The lowest BCUT2D eigenvalue weighted by atomic mass is 9.76. The lowest BCUT2D eigenvalue weighted by Gasteiger charge is -2.39. The maximum absolute atomic E-state index is 11.6. The molecule has 0 bridgehead atoms. The number of primary sulfonamides is 1. The van der Waals surface area contributed by atoms with Gasteiger partial charge in [-0.15, -0.1) is 0 Å². The van der Waals surface area contributed by atoms with Gasteiger partial charge in [-0.1, -0.05) is 33.1 Å². The Kier molecular flexibility index (Phi) is 5.71. The van der Waals surface area contributed by atoms with Crippen molar-refractivity contribution in [1.29, 1.82) is 0 Å². The molecule has 0 amide bonds. The molecule has 21 heavy (non-hydrogen) atoms. The largest absolute Gasteiger partial charge is 0.378 e. The molecule has 2 N–H and O–H groups in total. The molecule has 0 aliphatic heterocycles. The smallest absolute Gasteiger partial charge is 0.209 e. The van der Waals surface area contributed by atoms with Crippen molar-refractivity contribution < 1.29 is 13.2 Å². The highest BCUT2D eigenvalue weighted by Crippen LogP contribution is 2.39. The van der Waals surface area contributed by atoms with Crippen LogP contribution in [-0.4, -0.2) is 26.9 Å². The summed E-state index contributed by atoms with van der Waals surface area (Å²) in [6.45, 7) is 5.17. The molecule has 2 saturated carbocycles. The van der Waals surface area contributed by atoms with Crippen LogP contribution in [0.15, 0.2) is 0 Å². The summed E-state index contributed by atoms with van der Waals surface area (Å²) in [6.07, 6.45) is 8.98. The van der Waals surface area contributed by atoms with E-state index in [1.165, 1.54) is 12.8 Å². The molecule has 0 aromatic heterocycles. The van der Waals surface area contributed by atoms with Crippen LogP contribution in [0.1, 0.15) is 65.2 Å². The average molecular weight is 317 g/mol. The third-order valence-corrected chi connectivity index (χ3v) is 6.61. The summed E-state index contributed by atoms with van der Waals surface area (Å²) in [5, 5.41) is 5.32. The molecule has 0 aromatic carbocycles. The Hall–Kier alpha value is -0.130. The van der Waals surface area contributed by atoms with Gasteiger partial charge in [0.15, 0.2) is 0 Å². The van der Waals surface area contributed by atoms with Crippen molar-refractivity contribution in [3.8, 4) is 0 Å². The minimum atomic E-state index is -3.43. The van der Waals surface area contributed by atoms with E-state index in [4.69, 9.17) is 9.88 Å². The van der Waals surface area contributed by atoms with E-state index in [0.29, 0.717) is 18.6 Å². The summed E-state index contributed by atoms with van der Waals surface area (Å²) >= 11 is 0. The van der Waals surface area contributed by atoms with Crippen LogP contribution in [0.4, 0.5) is 0 Å². The lowest BCUT2D eigenvalue weighted by molar-refractivity contribution is -0.0455. The van der Waals surface area contributed by atoms with Crippen LogP contribution in [0.2, 0.25) is 0 Å². The van der Waals surface area contributed by atoms with Gasteiger partial charge >= 0.3 is 0 Å². The fourth-order valence-corrected chi connectivity index (χ4v) is 5.23. The molecule has 3 unspecified atom stereocenters. The van der Waals surface area contributed by atoms with Crippen LogP contribution in [0, 0.1) is 17.3 Å². The van der Waals surface area contributed by atoms with Crippen LogP contribution < -0.4 is 5.14 Å².